The highest BCUT2D eigenvalue weighted by atomic mass is 32.2. The van der Waals surface area contributed by atoms with Crippen molar-refractivity contribution in [1.29, 1.82) is 0 Å². The van der Waals surface area contributed by atoms with Gasteiger partial charge in [-0.15, -0.1) is 0 Å². The molecule has 0 amide bonds. The van der Waals surface area contributed by atoms with Gasteiger partial charge >= 0.3 is 10.1 Å². The van der Waals surface area contributed by atoms with Crippen LogP contribution in [-0.2, 0) is 19.0 Å². The van der Waals surface area contributed by atoms with Gasteiger partial charge in [0.25, 0.3) is 5.95 Å². The lowest BCUT2D eigenvalue weighted by molar-refractivity contribution is 0.114. The van der Waals surface area contributed by atoms with Crippen molar-refractivity contribution in [3.8, 4) is 0 Å². The van der Waals surface area contributed by atoms with E-state index in [1.54, 1.807) is 0 Å². The standard InChI is InChI=1S/C5H7NO4S/c1-11(7,8)10-5-2-3-6-4-9-5/h2-3H,4H2,1H3. The second-order valence-electron chi connectivity index (χ2n) is 1.88. The molecule has 0 fully saturated rings. The van der Waals surface area contributed by atoms with Gasteiger partial charge in [0.1, 0.15) is 0 Å². The van der Waals surface area contributed by atoms with E-state index < -0.39 is 10.1 Å². The Kier molecular flexibility index (Phi) is 2.13. The molecule has 0 aromatic carbocycles. The van der Waals surface area contributed by atoms with Crippen LogP contribution in [0.1, 0.15) is 0 Å². The summed E-state index contributed by atoms with van der Waals surface area (Å²) in [7, 11) is -3.48. The van der Waals surface area contributed by atoms with Crippen molar-refractivity contribution < 1.29 is 17.3 Å². The highest BCUT2D eigenvalue weighted by Crippen LogP contribution is 2.05. The molecule has 5 nitrogen and oxygen atoms in total. The average molecular weight is 177 g/mol. The predicted octanol–water partition coefficient (Wildman–Crippen LogP) is -0.137. The van der Waals surface area contributed by atoms with E-state index in [1.807, 2.05) is 0 Å². The molecule has 0 N–H and O–H groups in total. The summed E-state index contributed by atoms with van der Waals surface area (Å²) in [6.07, 6.45) is 3.71. The Labute approximate surface area is 64.5 Å². The minimum atomic E-state index is -3.48. The van der Waals surface area contributed by atoms with E-state index in [4.69, 9.17) is 4.74 Å². The van der Waals surface area contributed by atoms with Crippen LogP contribution in [0, 0.1) is 0 Å². The molecule has 0 aliphatic carbocycles. The minimum Gasteiger partial charge on any atom is -0.441 e. The highest BCUT2D eigenvalue weighted by Gasteiger charge is 2.08. The summed E-state index contributed by atoms with van der Waals surface area (Å²) in [6.45, 7) is 0.0986. The van der Waals surface area contributed by atoms with E-state index >= 15 is 0 Å². The molecule has 6 heteroatoms. The van der Waals surface area contributed by atoms with E-state index in [0.29, 0.717) is 0 Å². The van der Waals surface area contributed by atoms with Crippen molar-refractivity contribution in [2.24, 2.45) is 4.99 Å². The zero-order chi connectivity index (χ0) is 8.32. The summed E-state index contributed by atoms with van der Waals surface area (Å²) < 4.78 is 30.1. The summed E-state index contributed by atoms with van der Waals surface area (Å²) in [4.78, 5) is 3.66. The Morgan fingerprint density at radius 3 is 2.91 bits per heavy atom. The molecule has 0 radical (unpaired) electrons. The van der Waals surface area contributed by atoms with Crippen LogP contribution in [0.25, 0.3) is 0 Å². The topological polar surface area (TPSA) is 65.0 Å². The maximum Gasteiger partial charge on any atom is 0.308 e. The summed E-state index contributed by atoms with van der Waals surface area (Å²) >= 11 is 0. The Hall–Kier alpha value is -1.04. The monoisotopic (exact) mass is 177 g/mol. The van der Waals surface area contributed by atoms with Crippen LogP contribution >= 0.6 is 0 Å². The molecule has 1 rings (SSSR count). The molecule has 1 heterocycles. The fourth-order valence-electron chi connectivity index (χ4n) is 0.507. The van der Waals surface area contributed by atoms with Gasteiger partial charge in [-0.2, -0.15) is 8.42 Å². The summed E-state index contributed by atoms with van der Waals surface area (Å²) in [5, 5.41) is 0. The molecule has 1 aliphatic heterocycles. The fourth-order valence-corrected chi connectivity index (χ4v) is 0.909. The van der Waals surface area contributed by atoms with Crippen LogP contribution in [0.3, 0.4) is 0 Å². The first-order valence-corrected chi connectivity index (χ1v) is 4.62. The molecule has 0 aromatic rings. The van der Waals surface area contributed by atoms with E-state index in [1.165, 1.54) is 12.3 Å². The van der Waals surface area contributed by atoms with Crippen LogP contribution in [-0.4, -0.2) is 27.6 Å². The van der Waals surface area contributed by atoms with Gasteiger partial charge < -0.3 is 8.92 Å². The number of ether oxygens (including phenoxy) is 1. The zero-order valence-corrected chi connectivity index (χ0v) is 6.67. The average Bonchev–Trinajstić information content (AvgIpc) is 1.85. The second-order valence-corrected chi connectivity index (χ2v) is 3.45. The summed E-state index contributed by atoms with van der Waals surface area (Å²) in [5.74, 6) is -0.0394. The van der Waals surface area contributed by atoms with Gasteiger partial charge in [-0.25, -0.2) is 0 Å². The molecule has 0 spiro atoms. The number of aliphatic imine (C=N–C) groups is 1. The summed E-state index contributed by atoms with van der Waals surface area (Å²) in [6, 6.07) is 0. The summed E-state index contributed by atoms with van der Waals surface area (Å²) in [5.41, 5.74) is 0. The van der Waals surface area contributed by atoms with E-state index in [2.05, 4.69) is 9.18 Å². The Bertz CT molecular complexity index is 290. The highest BCUT2D eigenvalue weighted by molar-refractivity contribution is 7.86. The minimum absolute atomic E-state index is 0.0394. The Balaban J connectivity index is 2.63. The third-order valence-corrected chi connectivity index (χ3v) is 1.30. The van der Waals surface area contributed by atoms with Gasteiger partial charge in [0.05, 0.1) is 6.26 Å². The van der Waals surface area contributed by atoms with Crippen LogP contribution in [0.2, 0.25) is 0 Å². The second kappa shape index (κ2) is 2.91. The molecule has 0 unspecified atom stereocenters. The molecule has 0 aromatic heterocycles. The first-order valence-electron chi connectivity index (χ1n) is 2.80. The van der Waals surface area contributed by atoms with Crippen molar-refractivity contribution in [3.63, 3.8) is 0 Å². The van der Waals surface area contributed by atoms with Crippen molar-refractivity contribution in [2.75, 3.05) is 13.0 Å². The van der Waals surface area contributed by atoms with Crippen molar-refractivity contribution in [2.45, 2.75) is 0 Å². The first-order chi connectivity index (χ1) is 5.08. The third kappa shape index (κ3) is 3.03. The molecule has 0 atom stereocenters. The van der Waals surface area contributed by atoms with Gasteiger partial charge in [-0.1, -0.05) is 0 Å². The van der Waals surface area contributed by atoms with E-state index in [-0.39, 0.29) is 12.7 Å². The number of allylic oxidation sites excluding steroid dienone is 1. The van der Waals surface area contributed by atoms with Crippen molar-refractivity contribution in [3.05, 3.63) is 12.0 Å². The maximum atomic E-state index is 10.5. The van der Waals surface area contributed by atoms with Crippen molar-refractivity contribution in [1.82, 2.24) is 0 Å². The molecule has 11 heavy (non-hydrogen) atoms. The zero-order valence-electron chi connectivity index (χ0n) is 5.85. The number of hydrogen-bond acceptors (Lipinski definition) is 5. The number of nitrogens with zero attached hydrogens (tertiary/aromatic N) is 1. The largest absolute Gasteiger partial charge is 0.441 e. The molecular formula is C5H7NO4S. The quantitative estimate of drug-likeness (QED) is 0.551. The van der Waals surface area contributed by atoms with Crippen LogP contribution in [0.15, 0.2) is 17.0 Å². The molecule has 1 aliphatic rings. The fraction of sp³-hybridized carbons (Fsp3) is 0.400. The first kappa shape index (κ1) is 8.06. The van der Waals surface area contributed by atoms with Crippen LogP contribution in [0.4, 0.5) is 0 Å². The maximum absolute atomic E-state index is 10.5. The normalized spacial score (nSPS) is 17.0. The number of rotatable bonds is 2. The van der Waals surface area contributed by atoms with Crippen LogP contribution in [0.5, 0.6) is 0 Å². The lowest BCUT2D eigenvalue weighted by Crippen LogP contribution is -2.08. The predicted molar refractivity (Wildman–Crippen MR) is 38.5 cm³/mol. The third-order valence-electron chi connectivity index (χ3n) is 0.831. The van der Waals surface area contributed by atoms with Crippen molar-refractivity contribution >= 4 is 16.3 Å². The van der Waals surface area contributed by atoms with Gasteiger partial charge in [0, 0.05) is 12.3 Å². The molecular weight excluding hydrogens is 170 g/mol. The Morgan fingerprint density at radius 2 is 2.45 bits per heavy atom. The molecule has 0 saturated carbocycles. The van der Waals surface area contributed by atoms with Gasteiger partial charge in [0.15, 0.2) is 6.73 Å². The van der Waals surface area contributed by atoms with E-state index in [0.717, 1.165) is 6.26 Å². The lowest BCUT2D eigenvalue weighted by atomic mass is 10.6. The van der Waals surface area contributed by atoms with Gasteiger partial charge in [-0.05, 0) is 0 Å². The number of hydrogen-bond donors (Lipinski definition) is 0. The molecule has 0 bridgehead atoms. The smallest absolute Gasteiger partial charge is 0.308 e. The SMILES string of the molecule is CS(=O)(=O)OC1=CC=NCO1. The molecule has 0 saturated heterocycles. The van der Waals surface area contributed by atoms with Crippen LogP contribution < -0.4 is 0 Å². The van der Waals surface area contributed by atoms with Gasteiger partial charge in [-0.3, -0.25) is 4.99 Å². The van der Waals surface area contributed by atoms with E-state index in [9.17, 15) is 8.42 Å². The van der Waals surface area contributed by atoms with Gasteiger partial charge in [0.2, 0.25) is 0 Å². The Morgan fingerprint density at radius 1 is 1.73 bits per heavy atom. The molecule has 62 valence electrons. The lowest BCUT2D eigenvalue weighted by Gasteiger charge is -2.08.